The number of carbonyl (C=O) groups excluding carboxylic acids is 1. The van der Waals surface area contributed by atoms with Crippen molar-refractivity contribution in [3.05, 3.63) is 42.4 Å². The molecule has 33 heavy (non-hydrogen) atoms. The molecule has 166 valence electrons. The molecule has 1 amide bonds. The van der Waals surface area contributed by atoms with E-state index >= 15 is 0 Å². The van der Waals surface area contributed by atoms with Crippen LogP contribution in [-0.4, -0.2) is 46.9 Å². The standard InChI is InChI=1S/C24H24N8O/c1-4-31-21(17-9-25-14(3)26-10-17)30-20-19(28-12-29-23(20)31)16-7-18-13(2)24(33)32(11-15-5-6-15)22(18)27-8-16/h7-10,12-13,15H,4-6,11H2,1-3H3. The fraction of sp³-hybridized carbons (Fsp3) is 0.375. The maximum atomic E-state index is 12.9. The molecule has 0 spiro atoms. The van der Waals surface area contributed by atoms with E-state index in [-0.39, 0.29) is 11.8 Å². The van der Waals surface area contributed by atoms with E-state index in [0.717, 1.165) is 40.5 Å². The predicted octanol–water partition coefficient (Wildman–Crippen LogP) is 3.53. The van der Waals surface area contributed by atoms with E-state index in [9.17, 15) is 4.79 Å². The zero-order chi connectivity index (χ0) is 22.7. The van der Waals surface area contributed by atoms with Crippen LogP contribution in [0.2, 0.25) is 0 Å². The summed E-state index contributed by atoms with van der Waals surface area (Å²) in [5.41, 5.74) is 4.76. The zero-order valence-corrected chi connectivity index (χ0v) is 18.9. The number of carbonyl (C=O) groups is 1. The Labute approximate surface area is 191 Å². The van der Waals surface area contributed by atoms with Gasteiger partial charge in [-0.05, 0) is 45.6 Å². The topological polar surface area (TPSA) is 103 Å². The maximum Gasteiger partial charge on any atom is 0.235 e. The van der Waals surface area contributed by atoms with Crippen molar-refractivity contribution in [2.24, 2.45) is 5.92 Å². The van der Waals surface area contributed by atoms with Crippen molar-refractivity contribution in [2.75, 3.05) is 11.4 Å². The summed E-state index contributed by atoms with van der Waals surface area (Å²) in [4.78, 5) is 42.1. The van der Waals surface area contributed by atoms with Gasteiger partial charge in [-0.25, -0.2) is 29.9 Å². The molecule has 9 heteroatoms. The Morgan fingerprint density at radius 2 is 1.79 bits per heavy atom. The molecule has 1 atom stereocenters. The highest BCUT2D eigenvalue weighted by molar-refractivity contribution is 6.04. The summed E-state index contributed by atoms with van der Waals surface area (Å²) < 4.78 is 2.04. The number of amides is 1. The Morgan fingerprint density at radius 3 is 2.52 bits per heavy atom. The first kappa shape index (κ1) is 19.9. The Kier molecular flexibility index (Phi) is 4.46. The normalized spacial score (nSPS) is 17.7. The van der Waals surface area contributed by atoms with Gasteiger partial charge in [0.25, 0.3) is 0 Å². The van der Waals surface area contributed by atoms with Crippen molar-refractivity contribution in [3.8, 4) is 22.6 Å². The second-order valence-electron chi connectivity index (χ2n) is 8.84. The molecule has 1 saturated carbocycles. The third-order valence-electron chi connectivity index (χ3n) is 6.55. The molecule has 4 aromatic rings. The number of aryl methyl sites for hydroxylation is 2. The van der Waals surface area contributed by atoms with Gasteiger partial charge in [0.1, 0.15) is 35.0 Å². The van der Waals surface area contributed by atoms with Crippen molar-refractivity contribution < 1.29 is 4.79 Å². The van der Waals surface area contributed by atoms with Crippen LogP contribution in [0.15, 0.2) is 31.0 Å². The highest BCUT2D eigenvalue weighted by Gasteiger charge is 2.39. The van der Waals surface area contributed by atoms with Gasteiger partial charge in [-0.1, -0.05) is 0 Å². The number of hydrogen-bond donors (Lipinski definition) is 0. The van der Waals surface area contributed by atoms with E-state index in [1.54, 1.807) is 24.9 Å². The molecule has 0 N–H and O–H groups in total. The molecule has 1 aliphatic heterocycles. The van der Waals surface area contributed by atoms with E-state index in [1.807, 2.05) is 29.4 Å². The summed E-state index contributed by atoms with van der Waals surface area (Å²) in [6.07, 6.45) is 9.30. The van der Waals surface area contributed by atoms with Crippen LogP contribution in [0, 0.1) is 12.8 Å². The number of imidazole rings is 1. The Hall–Kier alpha value is -3.75. The second-order valence-corrected chi connectivity index (χ2v) is 8.84. The van der Waals surface area contributed by atoms with Gasteiger partial charge in [0, 0.05) is 42.8 Å². The van der Waals surface area contributed by atoms with E-state index in [4.69, 9.17) is 9.97 Å². The lowest BCUT2D eigenvalue weighted by Crippen LogP contribution is -2.30. The molecule has 9 nitrogen and oxygen atoms in total. The molecule has 0 bridgehead atoms. The number of anilines is 1. The third kappa shape index (κ3) is 3.18. The van der Waals surface area contributed by atoms with Crippen molar-refractivity contribution in [3.63, 3.8) is 0 Å². The quantitative estimate of drug-likeness (QED) is 0.468. The summed E-state index contributed by atoms with van der Waals surface area (Å²) in [5, 5.41) is 0. The summed E-state index contributed by atoms with van der Waals surface area (Å²) in [7, 11) is 0. The predicted molar refractivity (Wildman–Crippen MR) is 123 cm³/mol. The van der Waals surface area contributed by atoms with Crippen molar-refractivity contribution in [2.45, 2.75) is 46.1 Å². The molecule has 1 fully saturated rings. The van der Waals surface area contributed by atoms with Crippen LogP contribution in [0.3, 0.4) is 0 Å². The van der Waals surface area contributed by atoms with Crippen molar-refractivity contribution >= 4 is 22.9 Å². The minimum absolute atomic E-state index is 0.131. The molecule has 6 rings (SSSR count). The first-order chi connectivity index (χ1) is 16.0. The van der Waals surface area contributed by atoms with E-state index < -0.39 is 0 Å². The first-order valence-corrected chi connectivity index (χ1v) is 11.4. The van der Waals surface area contributed by atoms with E-state index in [0.29, 0.717) is 29.5 Å². The monoisotopic (exact) mass is 440 g/mol. The molecule has 1 aliphatic carbocycles. The van der Waals surface area contributed by atoms with Gasteiger partial charge < -0.3 is 4.57 Å². The minimum atomic E-state index is -0.211. The lowest BCUT2D eigenvalue weighted by Gasteiger charge is -2.16. The summed E-state index contributed by atoms with van der Waals surface area (Å²) >= 11 is 0. The number of hydrogen-bond acceptors (Lipinski definition) is 7. The summed E-state index contributed by atoms with van der Waals surface area (Å²) in [6, 6.07) is 2.04. The maximum absolute atomic E-state index is 12.9. The van der Waals surface area contributed by atoms with Crippen molar-refractivity contribution in [1.29, 1.82) is 0 Å². The van der Waals surface area contributed by atoms with Crippen LogP contribution in [0.5, 0.6) is 0 Å². The van der Waals surface area contributed by atoms with Gasteiger partial charge in [-0.15, -0.1) is 0 Å². The minimum Gasteiger partial charge on any atom is -0.309 e. The van der Waals surface area contributed by atoms with Crippen LogP contribution >= 0.6 is 0 Å². The van der Waals surface area contributed by atoms with Gasteiger partial charge in [0.15, 0.2) is 5.65 Å². The average Bonchev–Trinajstić information content (AvgIpc) is 3.53. The first-order valence-electron chi connectivity index (χ1n) is 11.4. The van der Waals surface area contributed by atoms with Gasteiger partial charge in [-0.2, -0.15) is 0 Å². The Bertz CT molecular complexity index is 1390. The highest BCUT2D eigenvalue weighted by atomic mass is 16.2. The molecular formula is C24H24N8O. The van der Waals surface area contributed by atoms with Gasteiger partial charge >= 0.3 is 0 Å². The number of fused-ring (bicyclic) bond motifs is 2. The molecule has 2 aliphatic rings. The van der Waals surface area contributed by atoms with Gasteiger partial charge in [0.05, 0.1) is 11.5 Å². The van der Waals surface area contributed by atoms with Gasteiger partial charge in [-0.3, -0.25) is 9.69 Å². The zero-order valence-electron chi connectivity index (χ0n) is 18.9. The summed E-state index contributed by atoms with van der Waals surface area (Å²) in [6.45, 7) is 7.33. The molecule has 0 saturated heterocycles. The molecule has 0 radical (unpaired) electrons. The van der Waals surface area contributed by atoms with Crippen LogP contribution in [0.25, 0.3) is 33.8 Å². The Morgan fingerprint density at radius 1 is 1.03 bits per heavy atom. The molecule has 0 aromatic carbocycles. The van der Waals surface area contributed by atoms with Crippen LogP contribution in [0.4, 0.5) is 5.82 Å². The number of pyridine rings is 1. The second kappa shape index (κ2) is 7.40. The van der Waals surface area contributed by atoms with Crippen molar-refractivity contribution in [1.82, 2.24) is 34.5 Å². The van der Waals surface area contributed by atoms with Crippen LogP contribution in [0.1, 0.15) is 44.0 Å². The number of rotatable bonds is 5. The Balaban J connectivity index is 1.47. The van der Waals surface area contributed by atoms with E-state index in [2.05, 4.69) is 26.9 Å². The fourth-order valence-corrected chi connectivity index (χ4v) is 4.53. The number of aromatic nitrogens is 7. The molecule has 1 unspecified atom stereocenters. The molecule has 4 aromatic heterocycles. The third-order valence-corrected chi connectivity index (χ3v) is 6.55. The van der Waals surface area contributed by atoms with Gasteiger partial charge in [0.2, 0.25) is 5.91 Å². The molecule has 5 heterocycles. The lowest BCUT2D eigenvalue weighted by molar-refractivity contribution is -0.119. The number of nitrogens with zero attached hydrogens (tertiary/aromatic N) is 8. The summed E-state index contributed by atoms with van der Waals surface area (Å²) in [5.74, 6) is 2.77. The average molecular weight is 441 g/mol. The highest BCUT2D eigenvalue weighted by Crippen LogP contribution is 2.41. The molecular weight excluding hydrogens is 416 g/mol. The van der Waals surface area contributed by atoms with E-state index in [1.165, 1.54) is 12.8 Å². The lowest BCUT2D eigenvalue weighted by atomic mass is 10.0. The fourth-order valence-electron chi connectivity index (χ4n) is 4.53. The van der Waals surface area contributed by atoms with Crippen LogP contribution < -0.4 is 4.90 Å². The smallest absolute Gasteiger partial charge is 0.235 e. The SMILES string of the molecule is CCn1c(-c2cnc(C)nc2)nc2c(-c3cnc4c(c3)C(C)C(=O)N4CC3CC3)ncnc21. The largest absolute Gasteiger partial charge is 0.309 e. The van der Waals surface area contributed by atoms with Crippen LogP contribution in [-0.2, 0) is 11.3 Å².